The fraction of sp³-hybridized carbons (Fsp3) is 0.577. The van der Waals surface area contributed by atoms with Crippen LogP contribution in [-0.4, -0.2) is 65.2 Å². The highest BCUT2D eigenvalue weighted by molar-refractivity contribution is 6.27. The molecule has 2 saturated carbocycles. The minimum absolute atomic E-state index is 0.0627. The highest BCUT2D eigenvalue weighted by atomic mass is 16.3. The minimum Gasteiger partial charge on any atom is -0.507 e. The van der Waals surface area contributed by atoms with Gasteiger partial charge in [0.15, 0.2) is 29.1 Å². The second-order valence-electron chi connectivity index (χ2n) is 10.7. The molecule has 1 aliphatic heterocycles. The number of phenolic OH excluding ortho intramolecular Hbond substituents is 1. The number of amides is 1. The Morgan fingerprint density at radius 1 is 1.06 bits per heavy atom. The molecule has 0 spiro atoms. The maximum Gasteiger partial charge on any atom is 0.235 e. The third kappa shape index (κ3) is 4.00. The SMILES string of the molecule is CN1CCC(NCc2ccc3c(c2O)C(=O)C2C(=O)C4C(=O)C(C(N)=O)C(=O)CC4CC2C3)CC1. The predicted molar refractivity (Wildman–Crippen MR) is 124 cm³/mol. The van der Waals surface area contributed by atoms with Crippen LogP contribution in [0.5, 0.6) is 5.75 Å². The van der Waals surface area contributed by atoms with E-state index in [0.717, 1.165) is 25.9 Å². The van der Waals surface area contributed by atoms with E-state index in [4.69, 9.17) is 5.73 Å². The molecular weight excluding hydrogens is 450 g/mol. The van der Waals surface area contributed by atoms with Crippen molar-refractivity contribution in [3.05, 3.63) is 28.8 Å². The number of primary amides is 1. The molecule has 5 rings (SSSR count). The lowest BCUT2D eigenvalue weighted by molar-refractivity contribution is -0.152. The topological polar surface area (TPSA) is 147 Å². The van der Waals surface area contributed by atoms with Crippen LogP contribution in [0.3, 0.4) is 0 Å². The van der Waals surface area contributed by atoms with Crippen LogP contribution in [0, 0.1) is 29.6 Å². The molecule has 0 radical (unpaired) electrons. The number of nitrogens with zero attached hydrogens (tertiary/aromatic N) is 1. The van der Waals surface area contributed by atoms with Crippen molar-refractivity contribution in [1.82, 2.24) is 10.2 Å². The van der Waals surface area contributed by atoms with Crippen molar-refractivity contribution in [2.45, 2.75) is 44.7 Å². The van der Waals surface area contributed by atoms with Gasteiger partial charge in [0.05, 0.1) is 17.4 Å². The molecule has 4 aliphatic rings. The smallest absolute Gasteiger partial charge is 0.235 e. The van der Waals surface area contributed by atoms with Gasteiger partial charge in [-0.2, -0.15) is 0 Å². The zero-order chi connectivity index (χ0) is 25.0. The van der Waals surface area contributed by atoms with Crippen LogP contribution in [0.4, 0.5) is 0 Å². The molecule has 1 heterocycles. The van der Waals surface area contributed by atoms with Crippen LogP contribution in [0.15, 0.2) is 12.1 Å². The second kappa shape index (κ2) is 8.95. The highest BCUT2D eigenvalue weighted by Crippen LogP contribution is 2.48. The van der Waals surface area contributed by atoms with E-state index in [9.17, 15) is 29.1 Å². The first-order chi connectivity index (χ1) is 16.7. The van der Waals surface area contributed by atoms with Crippen molar-refractivity contribution in [2.75, 3.05) is 20.1 Å². The Hall–Kier alpha value is -2.91. The molecule has 0 aromatic heterocycles. The van der Waals surface area contributed by atoms with Gasteiger partial charge < -0.3 is 21.1 Å². The van der Waals surface area contributed by atoms with Crippen molar-refractivity contribution >= 4 is 29.0 Å². The number of aromatic hydroxyl groups is 1. The molecule has 5 unspecified atom stereocenters. The zero-order valence-electron chi connectivity index (χ0n) is 19.8. The molecule has 186 valence electrons. The monoisotopic (exact) mass is 481 g/mol. The number of fused-ring (bicyclic) bond motifs is 3. The number of phenols is 1. The van der Waals surface area contributed by atoms with Gasteiger partial charge in [0.25, 0.3) is 0 Å². The summed E-state index contributed by atoms with van der Waals surface area (Å²) in [5.41, 5.74) is 6.71. The highest BCUT2D eigenvalue weighted by Gasteiger charge is 2.57. The van der Waals surface area contributed by atoms with Crippen LogP contribution in [0.2, 0.25) is 0 Å². The normalized spacial score (nSPS) is 31.6. The number of ketones is 4. The average Bonchev–Trinajstić information content (AvgIpc) is 2.78. The summed E-state index contributed by atoms with van der Waals surface area (Å²) in [6, 6.07) is 3.99. The van der Waals surface area contributed by atoms with Gasteiger partial charge in [0, 0.05) is 24.6 Å². The average molecular weight is 482 g/mol. The van der Waals surface area contributed by atoms with Gasteiger partial charge in [0.1, 0.15) is 5.75 Å². The van der Waals surface area contributed by atoms with E-state index >= 15 is 0 Å². The van der Waals surface area contributed by atoms with Gasteiger partial charge in [-0.05, 0) is 63.2 Å². The Morgan fingerprint density at radius 3 is 2.43 bits per heavy atom. The number of nitrogens with two attached hydrogens (primary N) is 1. The molecule has 3 aliphatic carbocycles. The van der Waals surface area contributed by atoms with Gasteiger partial charge >= 0.3 is 0 Å². The first kappa shape index (κ1) is 23.8. The number of Topliss-reactive ketones (excluding diaryl/α,β-unsaturated/α-hetero) is 4. The number of carbonyl (C=O) groups is 5. The molecule has 1 saturated heterocycles. The van der Waals surface area contributed by atoms with Crippen LogP contribution in [0.25, 0.3) is 0 Å². The molecule has 5 atom stereocenters. The number of hydrogen-bond donors (Lipinski definition) is 3. The number of nitrogens with one attached hydrogen (secondary N) is 1. The molecule has 1 aromatic carbocycles. The van der Waals surface area contributed by atoms with E-state index in [1.54, 1.807) is 0 Å². The van der Waals surface area contributed by atoms with Crippen LogP contribution in [-0.2, 0) is 32.1 Å². The minimum atomic E-state index is -1.62. The summed E-state index contributed by atoms with van der Waals surface area (Å²) in [5.74, 6) is -8.19. The number of likely N-dealkylation sites (tertiary alicyclic amines) is 1. The van der Waals surface area contributed by atoms with Crippen LogP contribution < -0.4 is 11.1 Å². The fourth-order valence-corrected chi connectivity index (χ4v) is 6.62. The summed E-state index contributed by atoms with van der Waals surface area (Å²) in [4.78, 5) is 66.3. The third-order valence-electron chi connectivity index (χ3n) is 8.48. The van der Waals surface area contributed by atoms with Gasteiger partial charge in [0.2, 0.25) is 5.91 Å². The summed E-state index contributed by atoms with van der Waals surface area (Å²) in [7, 11) is 2.09. The van der Waals surface area contributed by atoms with E-state index < -0.39 is 52.7 Å². The molecule has 35 heavy (non-hydrogen) atoms. The van der Waals surface area contributed by atoms with Crippen molar-refractivity contribution in [2.24, 2.45) is 35.3 Å². The van der Waals surface area contributed by atoms with Crippen molar-refractivity contribution < 1.29 is 29.1 Å². The zero-order valence-corrected chi connectivity index (χ0v) is 19.8. The third-order valence-corrected chi connectivity index (χ3v) is 8.48. The summed E-state index contributed by atoms with van der Waals surface area (Å²) in [6.45, 7) is 2.41. The Bertz CT molecular complexity index is 1120. The standard InChI is InChI=1S/C26H31N3O6/c1-29-6-4-16(5-7-29)28-11-13-3-2-12-8-14-9-15-10-17(30)21(26(27)35)25(34)20(15)24(33)19(14)23(32)18(12)22(13)31/h2-3,14-16,19-21,28,31H,4-11H2,1H3,(H2,27,35). The molecule has 1 aromatic rings. The van der Waals surface area contributed by atoms with E-state index in [1.165, 1.54) is 0 Å². The summed E-state index contributed by atoms with van der Waals surface area (Å²) >= 11 is 0. The van der Waals surface area contributed by atoms with Crippen molar-refractivity contribution in [3.63, 3.8) is 0 Å². The molecule has 1 amide bonds. The van der Waals surface area contributed by atoms with Crippen LogP contribution in [0.1, 0.15) is 47.2 Å². The molecule has 4 N–H and O–H groups in total. The van der Waals surface area contributed by atoms with Gasteiger partial charge in [-0.3, -0.25) is 24.0 Å². The number of carbonyl (C=O) groups excluding carboxylic acids is 5. The lowest BCUT2D eigenvalue weighted by Gasteiger charge is -2.44. The van der Waals surface area contributed by atoms with E-state index in [-0.39, 0.29) is 23.7 Å². The molecular formula is C26H31N3O6. The molecule has 3 fully saturated rings. The lowest BCUT2D eigenvalue weighted by atomic mass is 9.56. The lowest BCUT2D eigenvalue weighted by Crippen LogP contribution is -2.56. The quantitative estimate of drug-likeness (QED) is 0.524. The van der Waals surface area contributed by atoms with Crippen molar-refractivity contribution in [1.29, 1.82) is 0 Å². The van der Waals surface area contributed by atoms with E-state index in [0.29, 0.717) is 36.6 Å². The largest absolute Gasteiger partial charge is 0.507 e. The molecule has 9 heteroatoms. The predicted octanol–water partition coefficient (Wildman–Crippen LogP) is 0.396. The van der Waals surface area contributed by atoms with Gasteiger partial charge in [-0.25, -0.2) is 0 Å². The summed E-state index contributed by atoms with van der Waals surface area (Å²) in [6.07, 6.45) is 2.73. The van der Waals surface area contributed by atoms with Crippen LogP contribution >= 0.6 is 0 Å². The van der Waals surface area contributed by atoms with E-state index in [1.807, 2.05) is 12.1 Å². The van der Waals surface area contributed by atoms with E-state index in [2.05, 4.69) is 17.3 Å². The number of piperidine rings is 1. The van der Waals surface area contributed by atoms with Gasteiger partial charge in [-0.15, -0.1) is 0 Å². The summed E-state index contributed by atoms with van der Waals surface area (Å²) < 4.78 is 0. The fourth-order valence-electron chi connectivity index (χ4n) is 6.62. The molecule has 0 bridgehead atoms. The Morgan fingerprint density at radius 2 is 1.74 bits per heavy atom. The Kier molecular flexibility index (Phi) is 6.09. The number of rotatable bonds is 4. The van der Waals surface area contributed by atoms with Crippen molar-refractivity contribution in [3.8, 4) is 5.75 Å². The van der Waals surface area contributed by atoms with Gasteiger partial charge in [-0.1, -0.05) is 12.1 Å². The molecule has 9 nitrogen and oxygen atoms in total. The maximum absolute atomic E-state index is 13.6. The number of benzene rings is 1. The first-order valence-electron chi connectivity index (χ1n) is 12.4. The maximum atomic E-state index is 13.6. The second-order valence-corrected chi connectivity index (χ2v) is 10.7. The Labute approximate surface area is 203 Å². The first-order valence-corrected chi connectivity index (χ1v) is 12.4. The summed E-state index contributed by atoms with van der Waals surface area (Å²) in [5, 5.41) is 14.5. The Balaban J connectivity index is 1.39. The number of hydrogen-bond acceptors (Lipinski definition) is 8.